The highest BCUT2D eigenvalue weighted by Crippen LogP contribution is 2.08. The molecule has 82 valence electrons. The van der Waals surface area contributed by atoms with Crippen LogP contribution in [0.1, 0.15) is 17.5 Å². The van der Waals surface area contributed by atoms with Gasteiger partial charge in [-0.05, 0) is 17.5 Å². The topological polar surface area (TPSA) is 77.8 Å². The second kappa shape index (κ2) is 5.48. The number of carboxylic acids is 1. The van der Waals surface area contributed by atoms with Crippen molar-refractivity contribution in [3.63, 3.8) is 0 Å². The van der Waals surface area contributed by atoms with Crippen LogP contribution in [0.25, 0.3) is 0 Å². The zero-order valence-electron chi connectivity index (χ0n) is 8.26. The summed E-state index contributed by atoms with van der Waals surface area (Å²) in [5.41, 5.74) is 1.72. The van der Waals surface area contributed by atoms with E-state index in [1.54, 1.807) is 24.3 Å². The summed E-state index contributed by atoms with van der Waals surface area (Å²) in [5.74, 6) is -0.853. The van der Waals surface area contributed by atoms with Crippen molar-refractivity contribution in [2.24, 2.45) is 0 Å². The number of aliphatic hydroxyl groups excluding tert-OH is 1. The summed E-state index contributed by atoms with van der Waals surface area (Å²) in [5, 5.41) is 25.9. The Kier molecular flexibility index (Phi) is 4.27. The van der Waals surface area contributed by atoms with E-state index in [9.17, 15) is 4.79 Å². The molecule has 1 rings (SSSR count). The third-order valence-electron chi connectivity index (χ3n) is 2.07. The molecule has 0 radical (unpaired) electrons. The van der Waals surface area contributed by atoms with Crippen molar-refractivity contribution >= 4 is 5.97 Å². The molecule has 0 atom stereocenters. The molecule has 4 nitrogen and oxygen atoms in total. The van der Waals surface area contributed by atoms with Crippen LogP contribution in [-0.4, -0.2) is 27.6 Å². The fourth-order valence-electron chi connectivity index (χ4n) is 1.29. The van der Waals surface area contributed by atoms with E-state index in [1.165, 1.54) is 0 Å². The van der Waals surface area contributed by atoms with E-state index in [0.29, 0.717) is 6.42 Å². The van der Waals surface area contributed by atoms with Gasteiger partial charge in [0.2, 0.25) is 0 Å². The lowest BCUT2D eigenvalue weighted by Gasteiger charge is -2.04. The van der Waals surface area contributed by atoms with Crippen LogP contribution >= 0.6 is 0 Å². The summed E-state index contributed by atoms with van der Waals surface area (Å²) in [4.78, 5) is 10.4. The van der Waals surface area contributed by atoms with E-state index in [0.717, 1.165) is 11.1 Å². The fourth-order valence-corrected chi connectivity index (χ4v) is 1.29. The second-order valence-electron chi connectivity index (χ2n) is 3.41. The van der Waals surface area contributed by atoms with Gasteiger partial charge in [0.25, 0.3) is 0 Å². The quantitative estimate of drug-likeness (QED) is 0.620. The normalized spacial score (nSPS) is 10.6. The first kappa shape index (κ1) is 11.7. The number of hydrogen-bond acceptors (Lipinski definition) is 3. The molecule has 0 saturated heterocycles. The molecule has 15 heavy (non-hydrogen) atoms. The summed E-state index contributed by atoms with van der Waals surface area (Å²) in [7, 11) is 0. The fraction of sp³-hybridized carbons (Fsp3) is 0.364. The van der Waals surface area contributed by atoms with Gasteiger partial charge in [0.05, 0.1) is 6.42 Å². The summed E-state index contributed by atoms with van der Waals surface area (Å²) < 4.78 is 0. The molecular formula is C11H14O4. The minimum absolute atomic E-state index is 0.0168. The molecule has 0 amide bonds. The third-order valence-corrected chi connectivity index (χ3v) is 2.07. The van der Waals surface area contributed by atoms with Crippen LogP contribution in [0.3, 0.4) is 0 Å². The van der Waals surface area contributed by atoms with Gasteiger partial charge in [-0.25, -0.2) is 0 Å². The molecule has 0 aromatic heterocycles. The largest absolute Gasteiger partial charge is 0.481 e. The van der Waals surface area contributed by atoms with Gasteiger partial charge in [-0.3, -0.25) is 4.79 Å². The van der Waals surface area contributed by atoms with Gasteiger partial charge >= 0.3 is 5.97 Å². The number of rotatable bonds is 5. The Morgan fingerprint density at radius 2 is 1.67 bits per heavy atom. The van der Waals surface area contributed by atoms with Crippen molar-refractivity contribution in [3.8, 4) is 0 Å². The van der Waals surface area contributed by atoms with Crippen molar-refractivity contribution in [1.82, 2.24) is 0 Å². The van der Waals surface area contributed by atoms with Crippen molar-refractivity contribution in [1.29, 1.82) is 0 Å². The standard InChI is InChI=1S/C11H14O4/c12-10(13)6-5-8-1-3-9(4-2-8)7-11(14)15/h1-4,10,12-13H,5-7H2,(H,14,15). The molecule has 3 N–H and O–H groups in total. The van der Waals surface area contributed by atoms with Crippen LogP contribution in [0, 0.1) is 0 Å². The van der Waals surface area contributed by atoms with Gasteiger partial charge in [-0.15, -0.1) is 0 Å². The highest BCUT2D eigenvalue weighted by atomic mass is 16.5. The van der Waals surface area contributed by atoms with Crippen LogP contribution < -0.4 is 0 Å². The van der Waals surface area contributed by atoms with Gasteiger partial charge in [0, 0.05) is 6.42 Å². The van der Waals surface area contributed by atoms with Crippen molar-refractivity contribution in [2.45, 2.75) is 25.6 Å². The molecule has 1 aromatic rings. The summed E-state index contributed by atoms with van der Waals surface area (Å²) in [6.07, 6.45) is -0.407. The van der Waals surface area contributed by atoms with Crippen LogP contribution in [0.15, 0.2) is 24.3 Å². The van der Waals surface area contributed by atoms with E-state index < -0.39 is 12.3 Å². The molecule has 0 bridgehead atoms. The van der Waals surface area contributed by atoms with Crippen LogP contribution in [0.2, 0.25) is 0 Å². The second-order valence-corrected chi connectivity index (χ2v) is 3.41. The number of aliphatic hydroxyl groups is 2. The first-order valence-corrected chi connectivity index (χ1v) is 4.73. The Labute approximate surface area is 87.8 Å². The van der Waals surface area contributed by atoms with Crippen molar-refractivity contribution in [3.05, 3.63) is 35.4 Å². The number of aryl methyl sites for hydroxylation is 1. The molecule has 4 heteroatoms. The van der Waals surface area contributed by atoms with Gasteiger partial charge in [0.1, 0.15) is 0 Å². The molecule has 0 aliphatic carbocycles. The van der Waals surface area contributed by atoms with Crippen molar-refractivity contribution < 1.29 is 20.1 Å². The molecule has 1 aromatic carbocycles. The minimum atomic E-state index is -1.29. The first-order chi connectivity index (χ1) is 7.08. The smallest absolute Gasteiger partial charge is 0.307 e. The van der Waals surface area contributed by atoms with Gasteiger partial charge in [-0.1, -0.05) is 24.3 Å². The lowest BCUT2D eigenvalue weighted by molar-refractivity contribution is -0.136. The Morgan fingerprint density at radius 3 is 2.13 bits per heavy atom. The lowest BCUT2D eigenvalue weighted by atomic mass is 10.1. The molecule has 0 heterocycles. The number of aliphatic carboxylic acids is 1. The van der Waals surface area contributed by atoms with E-state index in [2.05, 4.69) is 0 Å². The SMILES string of the molecule is O=C(O)Cc1ccc(CCC(O)O)cc1. The molecule has 0 unspecified atom stereocenters. The van der Waals surface area contributed by atoms with Crippen molar-refractivity contribution in [2.75, 3.05) is 0 Å². The molecular weight excluding hydrogens is 196 g/mol. The van der Waals surface area contributed by atoms with Gasteiger partial charge < -0.3 is 15.3 Å². The van der Waals surface area contributed by atoms with Gasteiger partial charge in [0.15, 0.2) is 6.29 Å². The maximum atomic E-state index is 10.4. The maximum Gasteiger partial charge on any atom is 0.307 e. The average Bonchev–Trinajstić information content (AvgIpc) is 2.16. The summed E-state index contributed by atoms with van der Waals surface area (Å²) in [6.45, 7) is 0. The van der Waals surface area contributed by atoms with E-state index >= 15 is 0 Å². The highest BCUT2D eigenvalue weighted by molar-refractivity contribution is 5.70. The average molecular weight is 210 g/mol. The van der Waals surface area contributed by atoms with Crippen LogP contribution in [0.4, 0.5) is 0 Å². The molecule has 0 fully saturated rings. The first-order valence-electron chi connectivity index (χ1n) is 4.73. The van der Waals surface area contributed by atoms with E-state index in [4.69, 9.17) is 15.3 Å². The van der Waals surface area contributed by atoms with Crippen LogP contribution in [-0.2, 0) is 17.6 Å². The Bertz CT molecular complexity index is 316. The number of benzene rings is 1. The molecule has 0 aliphatic rings. The number of hydrogen-bond donors (Lipinski definition) is 3. The predicted octanol–water partition coefficient (Wildman–Crippen LogP) is 0.557. The Morgan fingerprint density at radius 1 is 1.13 bits per heavy atom. The number of carboxylic acid groups (broad SMARTS) is 1. The Balaban J connectivity index is 2.52. The summed E-state index contributed by atoms with van der Waals surface area (Å²) in [6, 6.07) is 7.10. The summed E-state index contributed by atoms with van der Waals surface area (Å²) >= 11 is 0. The molecule has 0 saturated carbocycles. The monoisotopic (exact) mass is 210 g/mol. The van der Waals surface area contributed by atoms with Gasteiger partial charge in [-0.2, -0.15) is 0 Å². The zero-order chi connectivity index (χ0) is 11.3. The predicted molar refractivity (Wildman–Crippen MR) is 54.3 cm³/mol. The van der Waals surface area contributed by atoms with Crippen LogP contribution in [0.5, 0.6) is 0 Å². The lowest BCUT2D eigenvalue weighted by Crippen LogP contribution is -2.05. The third kappa shape index (κ3) is 4.58. The minimum Gasteiger partial charge on any atom is -0.481 e. The number of carbonyl (C=O) groups is 1. The highest BCUT2D eigenvalue weighted by Gasteiger charge is 2.02. The van der Waals surface area contributed by atoms with E-state index in [-0.39, 0.29) is 12.8 Å². The van der Waals surface area contributed by atoms with E-state index in [1.807, 2.05) is 0 Å². The zero-order valence-corrected chi connectivity index (χ0v) is 8.26. The molecule has 0 spiro atoms. The maximum absolute atomic E-state index is 10.4. The Hall–Kier alpha value is -1.39. The molecule has 0 aliphatic heterocycles.